The molecule has 0 aliphatic carbocycles. The van der Waals surface area contributed by atoms with Crippen LogP contribution in [0.3, 0.4) is 0 Å². The van der Waals surface area contributed by atoms with Crippen LogP contribution in [0.4, 0.5) is 0 Å². The Morgan fingerprint density at radius 1 is 1.09 bits per heavy atom. The lowest BCUT2D eigenvalue weighted by atomic mass is 10.0. The number of benzene rings is 1. The van der Waals surface area contributed by atoms with Crippen molar-refractivity contribution in [2.75, 3.05) is 19.7 Å². The third kappa shape index (κ3) is 7.86. The van der Waals surface area contributed by atoms with E-state index in [-0.39, 0.29) is 42.9 Å². The molecule has 0 aromatic heterocycles. The molecule has 0 fully saturated rings. The molecule has 4 N–H and O–H groups in total. The second kappa shape index (κ2) is 12.1. The highest BCUT2D eigenvalue weighted by Gasteiger charge is 2.28. The lowest BCUT2D eigenvalue weighted by molar-refractivity contribution is -0.131. The number of amides is 4. The van der Waals surface area contributed by atoms with Crippen LogP contribution in [0.1, 0.15) is 50.9 Å². The summed E-state index contributed by atoms with van der Waals surface area (Å²) in [7, 11) is 0. The maximum atomic E-state index is 12.9. The summed E-state index contributed by atoms with van der Waals surface area (Å²) in [4.78, 5) is 51.1. The summed E-state index contributed by atoms with van der Waals surface area (Å²) >= 11 is 0. The Kier molecular flexibility index (Phi) is 9.49. The van der Waals surface area contributed by atoms with Gasteiger partial charge >= 0.3 is 0 Å². The average Bonchev–Trinajstić information content (AvgIpc) is 2.73. The molecule has 2 atom stereocenters. The van der Waals surface area contributed by atoms with E-state index in [4.69, 9.17) is 4.74 Å². The van der Waals surface area contributed by atoms with Gasteiger partial charge in [-0.25, -0.2) is 0 Å². The van der Waals surface area contributed by atoms with E-state index in [0.29, 0.717) is 18.7 Å². The Bertz CT molecular complexity index is 824. The van der Waals surface area contributed by atoms with Crippen LogP contribution >= 0.6 is 0 Å². The van der Waals surface area contributed by atoms with Gasteiger partial charge in [0, 0.05) is 6.54 Å². The highest BCUT2D eigenvalue weighted by Crippen LogP contribution is 2.18. The van der Waals surface area contributed by atoms with Gasteiger partial charge in [-0.2, -0.15) is 0 Å². The first-order valence-electron chi connectivity index (χ1n) is 11.0. The van der Waals surface area contributed by atoms with Crippen molar-refractivity contribution < 1.29 is 23.9 Å². The molecule has 1 aromatic rings. The van der Waals surface area contributed by atoms with Gasteiger partial charge in [-0.15, -0.1) is 0 Å². The van der Waals surface area contributed by atoms with Crippen molar-refractivity contribution in [3.63, 3.8) is 0 Å². The first kappa shape index (κ1) is 25.2. The molecule has 1 aliphatic rings. The number of nitrogens with one attached hydrogen (secondary N) is 4. The third-order valence-corrected chi connectivity index (χ3v) is 4.85. The molecule has 0 radical (unpaired) electrons. The summed E-state index contributed by atoms with van der Waals surface area (Å²) in [6.45, 7) is 8.57. The fraction of sp³-hybridized carbons (Fsp3) is 0.565. The molecule has 176 valence electrons. The number of fused-ring (bicyclic) bond motifs is 1. The van der Waals surface area contributed by atoms with Gasteiger partial charge in [0.1, 0.15) is 24.4 Å². The van der Waals surface area contributed by atoms with Gasteiger partial charge in [0.15, 0.2) is 0 Å². The number of hydrogen-bond donors (Lipinski definition) is 4. The summed E-state index contributed by atoms with van der Waals surface area (Å²) in [6, 6.07) is 4.80. The molecule has 0 saturated heterocycles. The smallest absolute Gasteiger partial charge is 0.255 e. The van der Waals surface area contributed by atoms with Gasteiger partial charge in [0.25, 0.3) is 5.91 Å². The van der Waals surface area contributed by atoms with E-state index in [1.807, 2.05) is 27.7 Å². The molecule has 1 aromatic carbocycles. The number of hydrogen-bond acceptors (Lipinski definition) is 5. The van der Waals surface area contributed by atoms with E-state index >= 15 is 0 Å². The topological polar surface area (TPSA) is 126 Å². The zero-order valence-corrected chi connectivity index (χ0v) is 19.2. The number of rotatable bonds is 5. The van der Waals surface area contributed by atoms with Crippen molar-refractivity contribution in [1.82, 2.24) is 21.3 Å². The molecule has 1 aliphatic heterocycles. The molecule has 32 heavy (non-hydrogen) atoms. The molecule has 0 spiro atoms. The molecule has 9 nitrogen and oxygen atoms in total. The Labute approximate surface area is 189 Å². The third-order valence-electron chi connectivity index (χ3n) is 4.85. The van der Waals surface area contributed by atoms with Crippen molar-refractivity contribution in [3.05, 3.63) is 29.8 Å². The molecule has 4 amide bonds. The van der Waals surface area contributed by atoms with E-state index < -0.39 is 29.8 Å². The Morgan fingerprint density at radius 3 is 2.50 bits per heavy atom. The minimum absolute atomic E-state index is 0.149. The van der Waals surface area contributed by atoms with Crippen LogP contribution in [0, 0.1) is 11.8 Å². The van der Waals surface area contributed by atoms with Gasteiger partial charge < -0.3 is 26.0 Å². The molecule has 0 unspecified atom stereocenters. The lowest BCUT2D eigenvalue weighted by Crippen LogP contribution is -2.53. The minimum atomic E-state index is -1.10. The summed E-state index contributed by atoms with van der Waals surface area (Å²) in [5.74, 6) is -1.08. The van der Waals surface area contributed by atoms with Crippen LogP contribution in [0.5, 0.6) is 5.75 Å². The Hall–Kier alpha value is -3.10. The van der Waals surface area contributed by atoms with E-state index in [2.05, 4.69) is 21.3 Å². The van der Waals surface area contributed by atoms with E-state index in [1.165, 1.54) is 0 Å². The maximum absolute atomic E-state index is 12.9. The summed E-state index contributed by atoms with van der Waals surface area (Å²) < 4.78 is 5.70. The van der Waals surface area contributed by atoms with Crippen LogP contribution in [0.2, 0.25) is 0 Å². The Balaban J connectivity index is 2.31. The largest absolute Gasteiger partial charge is 0.491 e. The summed E-state index contributed by atoms with van der Waals surface area (Å²) in [6.07, 6.45) is 0.151. The maximum Gasteiger partial charge on any atom is 0.255 e. The van der Waals surface area contributed by atoms with Gasteiger partial charge in [0.2, 0.25) is 17.7 Å². The highest BCUT2D eigenvalue weighted by molar-refractivity contribution is 6.01. The SMILES string of the molecule is CC(C)CNC(=O)[C@@H]1CC(=O)N[C@H](CC(C)C)C(=O)NCCOc2ccccc2C(=O)N1. The minimum Gasteiger partial charge on any atom is -0.491 e. The van der Waals surface area contributed by atoms with Crippen molar-refractivity contribution in [2.24, 2.45) is 11.8 Å². The monoisotopic (exact) mass is 446 g/mol. The standard InChI is InChI=1S/C23H34N4O5/c1-14(2)11-17-22(30)24-9-10-32-19-8-6-5-7-16(19)21(29)27-18(12-20(28)26-17)23(31)25-13-15(3)4/h5-8,14-15,17-18H,9-13H2,1-4H3,(H,24,30)(H,25,31)(H,26,28)(H,27,29)/t17-,18+/m1/s1. The van der Waals surface area contributed by atoms with Crippen molar-refractivity contribution in [3.8, 4) is 5.75 Å². The molecule has 0 saturated carbocycles. The molecule has 2 rings (SSSR count). The predicted octanol–water partition coefficient (Wildman–Crippen LogP) is 0.987. The van der Waals surface area contributed by atoms with Crippen LogP contribution in [0.15, 0.2) is 24.3 Å². The van der Waals surface area contributed by atoms with Crippen molar-refractivity contribution >= 4 is 23.6 Å². The predicted molar refractivity (Wildman–Crippen MR) is 120 cm³/mol. The molecule has 9 heteroatoms. The Morgan fingerprint density at radius 2 is 1.81 bits per heavy atom. The second-order valence-corrected chi connectivity index (χ2v) is 8.75. The van der Waals surface area contributed by atoms with E-state index in [1.54, 1.807) is 24.3 Å². The highest BCUT2D eigenvalue weighted by atomic mass is 16.5. The number of carbonyl (C=O) groups is 4. The normalized spacial score (nSPS) is 20.4. The fourth-order valence-electron chi connectivity index (χ4n) is 3.25. The van der Waals surface area contributed by atoms with E-state index in [0.717, 1.165) is 0 Å². The second-order valence-electron chi connectivity index (χ2n) is 8.75. The summed E-state index contributed by atoms with van der Waals surface area (Å²) in [5, 5.41) is 10.9. The summed E-state index contributed by atoms with van der Waals surface area (Å²) in [5.41, 5.74) is 0.246. The molecule has 0 bridgehead atoms. The quantitative estimate of drug-likeness (QED) is 0.537. The van der Waals surface area contributed by atoms with Gasteiger partial charge in [-0.1, -0.05) is 39.8 Å². The van der Waals surface area contributed by atoms with Crippen LogP contribution in [-0.2, 0) is 14.4 Å². The number of para-hydroxylation sites is 1. The molecular weight excluding hydrogens is 412 g/mol. The first-order valence-corrected chi connectivity index (χ1v) is 11.0. The molecule has 1 heterocycles. The van der Waals surface area contributed by atoms with Gasteiger partial charge in [0.05, 0.1) is 18.5 Å². The van der Waals surface area contributed by atoms with Gasteiger partial charge in [-0.05, 0) is 30.4 Å². The van der Waals surface area contributed by atoms with Gasteiger partial charge in [-0.3, -0.25) is 19.2 Å². The van der Waals surface area contributed by atoms with Crippen molar-refractivity contribution in [2.45, 2.75) is 52.6 Å². The fourth-order valence-corrected chi connectivity index (χ4v) is 3.25. The first-order chi connectivity index (χ1) is 15.2. The van der Waals surface area contributed by atoms with Crippen LogP contribution in [0.25, 0.3) is 0 Å². The van der Waals surface area contributed by atoms with Crippen LogP contribution < -0.4 is 26.0 Å². The number of ether oxygens (including phenoxy) is 1. The lowest BCUT2D eigenvalue weighted by Gasteiger charge is -2.24. The van der Waals surface area contributed by atoms with Crippen LogP contribution in [-0.4, -0.2) is 55.4 Å². The van der Waals surface area contributed by atoms with E-state index in [9.17, 15) is 19.2 Å². The zero-order valence-electron chi connectivity index (χ0n) is 19.2. The van der Waals surface area contributed by atoms with Crippen molar-refractivity contribution in [1.29, 1.82) is 0 Å². The molecular formula is C23H34N4O5. The number of carbonyl (C=O) groups excluding carboxylic acids is 4. The average molecular weight is 447 g/mol. The zero-order chi connectivity index (χ0) is 23.7.